The van der Waals surface area contributed by atoms with Crippen LogP contribution in [-0.4, -0.2) is 19.4 Å². The van der Waals surface area contributed by atoms with Crippen LogP contribution in [0.2, 0.25) is 24.7 Å². The van der Waals surface area contributed by atoms with Crippen molar-refractivity contribution in [1.82, 2.24) is 0 Å². The average molecular weight is 324 g/mol. The van der Waals surface area contributed by atoms with Crippen molar-refractivity contribution in [1.29, 1.82) is 0 Å². The first-order valence-electron chi connectivity index (χ1n) is 4.62. The van der Waals surface area contributed by atoms with Gasteiger partial charge in [0.1, 0.15) is 11.3 Å². The zero-order valence-electron chi connectivity index (χ0n) is 9.17. The zero-order chi connectivity index (χ0) is 12.5. The number of carboxylic acid groups (broad SMARTS) is 1. The third-order valence-corrected chi connectivity index (χ3v) is 3.80. The van der Waals surface area contributed by atoms with Crippen molar-refractivity contribution in [3.8, 4) is 5.75 Å². The Kier molecular flexibility index (Phi) is 4.04. The summed E-state index contributed by atoms with van der Waals surface area (Å²) in [5.74, 6) is -0.751. The van der Waals surface area contributed by atoms with Gasteiger partial charge in [0.2, 0.25) is 8.32 Å². The van der Waals surface area contributed by atoms with E-state index >= 15 is 0 Å². The summed E-state index contributed by atoms with van der Waals surface area (Å²) >= 11 is 9.12. The lowest BCUT2D eigenvalue weighted by molar-refractivity contribution is 0.0695. The summed E-state index contributed by atoms with van der Waals surface area (Å²) in [4.78, 5) is 11.1. The molecule has 88 valence electrons. The van der Waals surface area contributed by atoms with Crippen molar-refractivity contribution >= 4 is 41.8 Å². The maximum absolute atomic E-state index is 11.1. The maximum Gasteiger partial charge on any atom is 0.341 e. The largest absolute Gasteiger partial charge is 0.544 e. The topological polar surface area (TPSA) is 46.5 Å². The van der Waals surface area contributed by atoms with E-state index in [1.165, 1.54) is 0 Å². The van der Waals surface area contributed by atoms with E-state index in [9.17, 15) is 4.79 Å². The van der Waals surface area contributed by atoms with Gasteiger partial charge in [-0.3, -0.25) is 0 Å². The number of carbonyl (C=O) groups is 1. The zero-order valence-corrected chi connectivity index (χ0v) is 12.5. The fourth-order valence-electron chi connectivity index (χ4n) is 1.15. The molecule has 1 aromatic carbocycles. The molecule has 0 saturated heterocycles. The Morgan fingerprint density at radius 2 is 2.00 bits per heavy atom. The van der Waals surface area contributed by atoms with Gasteiger partial charge in [-0.15, -0.1) is 0 Å². The number of benzene rings is 1. The van der Waals surface area contributed by atoms with Crippen LogP contribution in [-0.2, 0) is 0 Å². The normalized spacial score (nSPS) is 11.3. The summed E-state index contributed by atoms with van der Waals surface area (Å²) in [6.07, 6.45) is 0. The maximum atomic E-state index is 11.1. The van der Waals surface area contributed by atoms with Gasteiger partial charge in [-0.05, 0) is 47.7 Å². The molecule has 3 nitrogen and oxygen atoms in total. The Labute approximate surface area is 109 Å². The third-order valence-electron chi connectivity index (χ3n) is 1.69. The van der Waals surface area contributed by atoms with Crippen LogP contribution < -0.4 is 4.43 Å². The molecular formula is C10H12BrClO3Si. The lowest BCUT2D eigenvalue weighted by Crippen LogP contribution is -2.30. The SMILES string of the molecule is C[Si](C)(C)Oc1ccc(Br)c(Cl)c1C(=O)O. The number of halogens is 2. The molecular weight excluding hydrogens is 312 g/mol. The van der Waals surface area contributed by atoms with Crippen molar-refractivity contribution < 1.29 is 14.3 Å². The fourth-order valence-corrected chi connectivity index (χ4v) is 2.54. The molecule has 0 amide bonds. The van der Waals surface area contributed by atoms with Gasteiger partial charge < -0.3 is 9.53 Å². The molecule has 0 fully saturated rings. The predicted molar refractivity (Wildman–Crippen MR) is 70.1 cm³/mol. The molecule has 0 bridgehead atoms. The van der Waals surface area contributed by atoms with Crippen LogP contribution in [0.3, 0.4) is 0 Å². The molecule has 1 N–H and O–H groups in total. The molecule has 0 unspecified atom stereocenters. The van der Waals surface area contributed by atoms with Crippen LogP contribution in [0, 0.1) is 0 Å². The second-order valence-electron chi connectivity index (χ2n) is 4.25. The first kappa shape index (κ1) is 13.5. The third kappa shape index (κ3) is 3.23. The van der Waals surface area contributed by atoms with E-state index in [0.717, 1.165) is 0 Å². The second kappa shape index (κ2) is 4.77. The van der Waals surface area contributed by atoms with Crippen LogP contribution in [0.4, 0.5) is 0 Å². The summed E-state index contributed by atoms with van der Waals surface area (Å²) < 4.78 is 6.23. The fraction of sp³-hybridized carbons (Fsp3) is 0.300. The Hall–Kier alpha value is -0.523. The van der Waals surface area contributed by atoms with Crippen molar-refractivity contribution in [2.24, 2.45) is 0 Å². The number of carboxylic acids is 1. The van der Waals surface area contributed by atoms with Gasteiger partial charge in [0.05, 0.1) is 5.02 Å². The molecule has 0 radical (unpaired) electrons. The predicted octanol–water partition coefficient (Wildman–Crippen LogP) is 4.01. The van der Waals surface area contributed by atoms with Crippen molar-refractivity contribution in [3.05, 3.63) is 27.2 Å². The monoisotopic (exact) mass is 322 g/mol. The van der Waals surface area contributed by atoms with E-state index in [0.29, 0.717) is 10.2 Å². The Balaban J connectivity index is 3.29. The van der Waals surface area contributed by atoms with Gasteiger partial charge in [-0.2, -0.15) is 0 Å². The Morgan fingerprint density at radius 3 is 2.44 bits per heavy atom. The molecule has 0 heterocycles. The summed E-state index contributed by atoms with van der Waals surface area (Å²) in [7, 11) is -1.85. The Bertz CT molecular complexity index is 429. The number of hydrogen-bond acceptors (Lipinski definition) is 2. The van der Waals surface area contributed by atoms with E-state index in [2.05, 4.69) is 15.9 Å². The molecule has 0 aliphatic carbocycles. The molecule has 0 atom stereocenters. The van der Waals surface area contributed by atoms with Crippen LogP contribution in [0.1, 0.15) is 10.4 Å². The highest BCUT2D eigenvalue weighted by Gasteiger charge is 2.23. The summed E-state index contributed by atoms with van der Waals surface area (Å²) in [5.41, 5.74) is 0.0125. The molecule has 0 saturated carbocycles. The van der Waals surface area contributed by atoms with Crippen LogP contribution in [0.5, 0.6) is 5.75 Å². The van der Waals surface area contributed by atoms with E-state index in [1.54, 1.807) is 12.1 Å². The average Bonchev–Trinajstić information content (AvgIpc) is 2.08. The van der Waals surface area contributed by atoms with Crippen LogP contribution >= 0.6 is 27.5 Å². The first-order valence-corrected chi connectivity index (χ1v) is 9.20. The van der Waals surface area contributed by atoms with E-state index in [4.69, 9.17) is 21.1 Å². The minimum absolute atomic E-state index is 0.0125. The molecule has 0 spiro atoms. The second-order valence-corrected chi connectivity index (χ2v) is 9.92. The highest BCUT2D eigenvalue weighted by molar-refractivity contribution is 9.10. The lowest BCUT2D eigenvalue weighted by atomic mass is 10.2. The lowest BCUT2D eigenvalue weighted by Gasteiger charge is -2.21. The van der Waals surface area contributed by atoms with Crippen LogP contribution in [0.15, 0.2) is 16.6 Å². The van der Waals surface area contributed by atoms with E-state index < -0.39 is 14.3 Å². The minimum Gasteiger partial charge on any atom is -0.544 e. The van der Waals surface area contributed by atoms with Gasteiger partial charge in [0, 0.05) is 4.47 Å². The molecule has 1 rings (SSSR count). The molecule has 0 aliphatic heterocycles. The minimum atomic E-state index is -1.85. The summed E-state index contributed by atoms with van der Waals surface area (Å²) in [6.45, 7) is 5.94. The van der Waals surface area contributed by atoms with Crippen molar-refractivity contribution in [2.75, 3.05) is 0 Å². The van der Waals surface area contributed by atoms with Gasteiger partial charge in [0.25, 0.3) is 0 Å². The van der Waals surface area contributed by atoms with Crippen LogP contribution in [0.25, 0.3) is 0 Å². The summed E-state index contributed by atoms with van der Waals surface area (Å²) in [5, 5.41) is 9.27. The van der Waals surface area contributed by atoms with E-state index in [-0.39, 0.29) is 10.6 Å². The van der Waals surface area contributed by atoms with Crippen molar-refractivity contribution in [3.63, 3.8) is 0 Å². The molecule has 16 heavy (non-hydrogen) atoms. The standard InChI is InChI=1S/C10H12BrClO3Si/c1-16(2,3)15-7-5-4-6(11)9(12)8(7)10(13)14/h4-5H,1-3H3,(H,13,14). The summed E-state index contributed by atoms with van der Waals surface area (Å²) in [6, 6.07) is 3.31. The number of hydrogen-bond donors (Lipinski definition) is 1. The smallest absolute Gasteiger partial charge is 0.341 e. The Morgan fingerprint density at radius 1 is 1.44 bits per heavy atom. The van der Waals surface area contributed by atoms with E-state index in [1.807, 2.05) is 19.6 Å². The van der Waals surface area contributed by atoms with Gasteiger partial charge >= 0.3 is 5.97 Å². The molecule has 0 aromatic heterocycles. The van der Waals surface area contributed by atoms with Gasteiger partial charge in [-0.1, -0.05) is 11.6 Å². The first-order chi connectivity index (χ1) is 7.22. The van der Waals surface area contributed by atoms with Gasteiger partial charge in [0.15, 0.2) is 0 Å². The molecule has 6 heteroatoms. The van der Waals surface area contributed by atoms with Gasteiger partial charge in [-0.25, -0.2) is 4.79 Å². The number of rotatable bonds is 3. The highest BCUT2D eigenvalue weighted by Crippen LogP contribution is 2.34. The number of aromatic carboxylic acids is 1. The van der Waals surface area contributed by atoms with Crippen molar-refractivity contribution in [2.45, 2.75) is 19.6 Å². The quantitative estimate of drug-likeness (QED) is 0.855. The molecule has 0 aliphatic rings. The highest BCUT2D eigenvalue weighted by atomic mass is 79.9. The molecule has 1 aromatic rings.